The Kier molecular flexibility index (Phi) is 3.63. The van der Waals surface area contributed by atoms with Gasteiger partial charge in [-0.3, -0.25) is 0 Å². The van der Waals surface area contributed by atoms with E-state index < -0.39 is 5.60 Å². The van der Waals surface area contributed by atoms with E-state index in [4.69, 9.17) is 0 Å². The zero-order chi connectivity index (χ0) is 13.3. The third-order valence-electron chi connectivity index (χ3n) is 3.97. The fourth-order valence-electron chi connectivity index (χ4n) is 3.02. The molecule has 0 bridgehead atoms. The number of fused-ring (bicyclic) bond motifs is 1. The lowest BCUT2D eigenvalue weighted by molar-refractivity contribution is 0.0190. The Labute approximate surface area is 127 Å². The molecule has 0 saturated carbocycles. The molecule has 0 heterocycles. The summed E-state index contributed by atoms with van der Waals surface area (Å²) in [7, 11) is 0. The van der Waals surface area contributed by atoms with Crippen molar-refractivity contribution in [1.82, 2.24) is 0 Å². The Morgan fingerprint density at radius 2 is 1.79 bits per heavy atom. The van der Waals surface area contributed by atoms with Crippen LogP contribution in [0.25, 0.3) is 0 Å². The molecule has 0 fully saturated rings. The SMILES string of the molecule is OC1(Cc2ccc(I)cc2)CCCc2ccccc21. The van der Waals surface area contributed by atoms with Crippen LogP contribution in [0.2, 0.25) is 0 Å². The van der Waals surface area contributed by atoms with Crippen molar-refractivity contribution in [1.29, 1.82) is 0 Å². The summed E-state index contributed by atoms with van der Waals surface area (Å²) < 4.78 is 1.23. The van der Waals surface area contributed by atoms with Crippen LogP contribution in [0.1, 0.15) is 29.5 Å². The van der Waals surface area contributed by atoms with Crippen LogP contribution in [0.5, 0.6) is 0 Å². The maximum absolute atomic E-state index is 11.0. The van der Waals surface area contributed by atoms with Crippen LogP contribution in [0, 0.1) is 3.57 Å². The third kappa shape index (κ3) is 2.70. The third-order valence-corrected chi connectivity index (χ3v) is 4.68. The molecule has 1 aliphatic rings. The molecule has 98 valence electrons. The van der Waals surface area contributed by atoms with E-state index in [1.807, 2.05) is 6.07 Å². The highest BCUT2D eigenvalue weighted by molar-refractivity contribution is 14.1. The highest BCUT2D eigenvalue weighted by Gasteiger charge is 2.33. The van der Waals surface area contributed by atoms with Gasteiger partial charge in [0, 0.05) is 9.99 Å². The zero-order valence-electron chi connectivity index (χ0n) is 10.8. The van der Waals surface area contributed by atoms with Gasteiger partial charge in [0.15, 0.2) is 0 Å². The largest absolute Gasteiger partial charge is 0.385 e. The molecule has 1 N–H and O–H groups in total. The highest BCUT2D eigenvalue weighted by Crippen LogP contribution is 2.37. The molecule has 19 heavy (non-hydrogen) atoms. The number of aliphatic hydroxyl groups is 1. The number of benzene rings is 2. The Balaban J connectivity index is 1.93. The second kappa shape index (κ2) is 5.25. The summed E-state index contributed by atoms with van der Waals surface area (Å²) >= 11 is 2.31. The van der Waals surface area contributed by atoms with Gasteiger partial charge in [0.1, 0.15) is 0 Å². The summed E-state index contributed by atoms with van der Waals surface area (Å²) in [4.78, 5) is 0. The van der Waals surface area contributed by atoms with Crippen molar-refractivity contribution in [2.24, 2.45) is 0 Å². The summed E-state index contributed by atoms with van der Waals surface area (Å²) in [6.45, 7) is 0. The maximum atomic E-state index is 11.0. The van der Waals surface area contributed by atoms with Crippen molar-refractivity contribution >= 4 is 22.6 Å². The molecule has 0 radical (unpaired) electrons. The van der Waals surface area contributed by atoms with Crippen LogP contribution in [-0.2, 0) is 18.4 Å². The van der Waals surface area contributed by atoms with Gasteiger partial charge in [-0.25, -0.2) is 0 Å². The normalized spacial score (nSPS) is 22.0. The minimum atomic E-state index is -0.693. The van der Waals surface area contributed by atoms with Crippen molar-refractivity contribution in [3.05, 3.63) is 68.8 Å². The van der Waals surface area contributed by atoms with Gasteiger partial charge in [0.25, 0.3) is 0 Å². The van der Waals surface area contributed by atoms with Crippen molar-refractivity contribution in [2.45, 2.75) is 31.3 Å². The van der Waals surface area contributed by atoms with E-state index >= 15 is 0 Å². The lowest BCUT2D eigenvalue weighted by Crippen LogP contribution is -2.32. The van der Waals surface area contributed by atoms with Crippen molar-refractivity contribution < 1.29 is 5.11 Å². The Morgan fingerprint density at radius 1 is 1.05 bits per heavy atom. The number of hydrogen-bond acceptors (Lipinski definition) is 1. The molecule has 0 amide bonds. The first-order chi connectivity index (χ1) is 9.17. The molecular formula is C17H17IO. The van der Waals surface area contributed by atoms with Crippen LogP contribution >= 0.6 is 22.6 Å². The van der Waals surface area contributed by atoms with Crippen LogP contribution in [0.3, 0.4) is 0 Å². The molecule has 1 unspecified atom stereocenters. The average Bonchev–Trinajstić information content (AvgIpc) is 2.42. The first-order valence-electron chi connectivity index (χ1n) is 6.73. The molecule has 2 heteroatoms. The van der Waals surface area contributed by atoms with Gasteiger partial charge >= 0.3 is 0 Å². The summed E-state index contributed by atoms with van der Waals surface area (Å²) in [5.74, 6) is 0. The molecule has 0 aliphatic heterocycles. The molecule has 0 aromatic heterocycles. The molecule has 1 atom stereocenters. The Bertz CT molecular complexity index is 576. The predicted octanol–water partition coefficient (Wildman–Crippen LogP) is 4.06. The topological polar surface area (TPSA) is 20.2 Å². The quantitative estimate of drug-likeness (QED) is 0.797. The number of rotatable bonds is 2. The molecule has 3 rings (SSSR count). The van der Waals surface area contributed by atoms with E-state index in [9.17, 15) is 5.11 Å². The van der Waals surface area contributed by atoms with Crippen molar-refractivity contribution in [3.63, 3.8) is 0 Å². The van der Waals surface area contributed by atoms with Crippen LogP contribution < -0.4 is 0 Å². The maximum Gasteiger partial charge on any atom is 0.0939 e. The minimum absolute atomic E-state index is 0.693. The van der Waals surface area contributed by atoms with Crippen LogP contribution in [-0.4, -0.2) is 5.11 Å². The number of hydrogen-bond donors (Lipinski definition) is 1. The predicted molar refractivity (Wildman–Crippen MR) is 86.1 cm³/mol. The first-order valence-corrected chi connectivity index (χ1v) is 7.80. The fraction of sp³-hybridized carbons (Fsp3) is 0.294. The molecule has 1 aliphatic carbocycles. The van der Waals surface area contributed by atoms with Gasteiger partial charge in [-0.2, -0.15) is 0 Å². The minimum Gasteiger partial charge on any atom is -0.385 e. The average molecular weight is 364 g/mol. The van der Waals surface area contributed by atoms with E-state index in [1.54, 1.807) is 0 Å². The smallest absolute Gasteiger partial charge is 0.0939 e. The lowest BCUT2D eigenvalue weighted by atomic mass is 9.76. The Hall–Kier alpha value is -0.870. The van der Waals surface area contributed by atoms with E-state index in [1.165, 1.54) is 14.7 Å². The standard InChI is InChI=1S/C17H17IO/c18-15-9-7-13(8-10-15)12-17(19)11-3-5-14-4-1-2-6-16(14)17/h1-2,4,6-10,19H,3,5,11-12H2. The van der Waals surface area contributed by atoms with Gasteiger partial charge in [0.05, 0.1) is 5.60 Å². The summed E-state index contributed by atoms with van der Waals surface area (Å²) in [5, 5.41) is 11.0. The number of aryl methyl sites for hydroxylation is 1. The van der Waals surface area contributed by atoms with Crippen LogP contribution in [0.15, 0.2) is 48.5 Å². The second-order valence-corrected chi connectivity index (χ2v) is 6.59. The van der Waals surface area contributed by atoms with Gasteiger partial charge in [-0.05, 0) is 70.7 Å². The molecule has 0 spiro atoms. The van der Waals surface area contributed by atoms with E-state index in [2.05, 4.69) is 65.1 Å². The summed E-state index contributed by atoms with van der Waals surface area (Å²) in [6.07, 6.45) is 3.72. The molecule has 0 saturated heterocycles. The summed E-state index contributed by atoms with van der Waals surface area (Å²) in [6, 6.07) is 16.8. The van der Waals surface area contributed by atoms with Crippen LogP contribution in [0.4, 0.5) is 0 Å². The van der Waals surface area contributed by atoms with Crippen molar-refractivity contribution in [2.75, 3.05) is 0 Å². The van der Waals surface area contributed by atoms with E-state index in [-0.39, 0.29) is 0 Å². The fourth-order valence-corrected chi connectivity index (χ4v) is 3.38. The lowest BCUT2D eigenvalue weighted by Gasteiger charge is -2.34. The summed E-state index contributed by atoms with van der Waals surface area (Å²) in [5.41, 5.74) is 2.95. The van der Waals surface area contributed by atoms with Gasteiger partial charge in [-0.15, -0.1) is 0 Å². The number of halogens is 1. The molecule has 1 nitrogen and oxygen atoms in total. The molecule has 2 aromatic rings. The highest BCUT2D eigenvalue weighted by atomic mass is 127. The zero-order valence-corrected chi connectivity index (χ0v) is 12.9. The first kappa shape index (κ1) is 13.1. The van der Waals surface area contributed by atoms with Crippen molar-refractivity contribution in [3.8, 4) is 0 Å². The Morgan fingerprint density at radius 3 is 2.58 bits per heavy atom. The van der Waals surface area contributed by atoms with Gasteiger partial charge in [0.2, 0.25) is 0 Å². The van der Waals surface area contributed by atoms with E-state index in [0.29, 0.717) is 6.42 Å². The van der Waals surface area contributed by atoms with Gasteiger partial charge < -0.3 is 5.11 Å². The van der Waals surface area contributed by atoms with Gasteiger partial charge in [-0.1, -0.05) is 36.4 Å². The van der Waals surface area contributed by atoms with E-state index in [0.717, 1.165) is 24.8 Å². The molecule has 2 aromatic carbocycles. The molecular weight excluding hydrogens is 347 g/mol. The second-order valence-electron chi connectivity index (χ2n) is 5.35. The monoisotopic (exact) mass is 364 g/mol.